The molecule has 1 rings (SSSR count). The molecule has 1 aromatic rings. The summed E-state index contributed by atoms with van der Waals surface area (Å²) >= 11 is 0. The molecule has 2 heteroatoms. The summed E-state index contributed by atoms with van der Waals surface area (Å²) < 4.78 is 5.87. The molecule has 0 fully saturated rings. The van der Waals surface area contributed by atoms with Gasteiger partial charge in [0.25, 0.3) is 0 Å². The fraction of sp³-hybridized carbons (Fsp3) is 0.467. The van der Waals surface area contributed by atoms with Gasteiger partial charge in [-0.3, -0.25) is 0 Å². The summed E-state index contributed by atoms with van der Waals surface area (Å²) in [5, 5.41) is 3.33. The van der Waals surface area contributed by atoms with Crippen molar-refractivity contribution in [2.24, 2.45) is 0 Å². The number of hydrogen-bond donors (Lipinski definition) is 1. The number of hydrogen-bond acceptors (Lipinski definition) is 2. The molecule has 0 aromatic heterocycles. The van der Waals surface area contributed by atoms with Gasteiger partial charge in [-0.15, -0.1) is 6.58 Å². The first-order valence-electron chi connectivity index (χ1n) is 6.21. The quantitative estimate of drug-likeness (QED) is 0.728. The first kappa shape index (κ1) is 13.8. The van der Waals surface area contributed by atoms with Gasteiger partial charge in [0.15, 0.2) is 0 Å². The molecule has 0 aliphatic carbocycles. The molecule has 0 heterocycles. The lowest BCUT2D eigenvalue weighted by molar-refractivity contribution is 0.315. The Hall–Kier alpha value is -1.28. The van der Waals surface area contributed by atoms with Crippen LogP contribution in [-0.4, -0.2) is 13.2 Å². The third-order valence-corrected chi connectivity index (χ3v) is 2.63. The van der Waals surface area contributed by atoms with Crippen molar-refractivity contribution in [1.82, 2.24) is 5.32 Å². The highest BCUT2D eigenvalue weighted by Crippen LogP contribution is 2.23. The lowest BCUT2D eigenvalue weighted by atomic mass is 10.1. The first-order valence-corrected chi connectivity index (χ1v) is 6.21. The molecule has 0 aliphatic rings. The van der Waals surface area contributed by atoms with E-state index in [9.17, 15) is 0 Å². The Bertz CT molecular complexity index is 371. The monoisotopic (exact) mass is 233 g/mol. The van der Waals surface area contributed by atoms with E-state index in [4.69, 9.17) is 4.74 Å². The summed E-state index contributed by atoms with van der Waals surface area (Å²) in [5.74, 6) is 1.02. The van der Waals surface area contributed by atoms with Crippen LogP contribution < -0.4 is 10.1 Å². The molecule has 0 bridgehead atoms. The van der Waals surface area contributed by atoms with Crippen molar-refractivity contribution in [3.05, 3.63) is 41.5 Å². The smallest absolute Gasteiger partial charge is 0.126 e. The number of ether oxygens (including phenoxy) is 1. The van der Waals surface area contributed by atoms with Gasteiger partial charge in [-0.1, -0.05) is 30.7 Å². The van der Waals surface area contributed by atoms with Crippen molar-refractivity contribution < 1.29 is 4.74 Å². The number of nitrogens with one attached hydrogen (secondary N) is 1. The Morgan fingerprint density at radius 3 is 2.82 bits per heavy atom. The molecular weight excluding hydrogens is 210 g/mol. The van der Waals surface area contributed by atoms with Crippen LogP contribution in [0.1, 0.15) is 31.4 Å². The van der Waals surface area contributed by atoms with Crippen LogP contribution in [-0.2, 0) is 6.54 Å². The molecule has 0 unspecified atom stereocenters. The van der Waals surface area contributed by atoms with Gasteiger partial charge in [0.1, 0.15) is 5.75 Å². The Kier molecular flexibility index (Phi) is 5.78. The fourth-order valence-corrected chi connectivity index (χ4v) is 1.65. The molecule has 0 spiro atoms. The SMILES string of the molecule is C=C(C)CCOc1c(C)cccc1CNCC. The Labute approximate surface area is 105 Å². The molecule has 0 saturated heterocycles. The highest BCUT2D eigenvalue weighted by molar-refractivity contribution is 5.40. The van der Waals surface area contributed by atoms with Crippen LogP contribution in [0.15, 0.2) is 30.4 Å². The minimum absolute atomic E-state index is 0.708. The average molecular weight is 233 g/mol. The summed E-state index contributed by atoms with van der Waals surface area (Å²) in [4.78, 5) is 0. The second kappa shape index (κ2) is 7.13. The average Bonchev–Trinajstić information content (AvgIpc) is 2.29. The summed E-state index contributed by atoms with van der Waals surface area (Å²) in [5.41, 5.74) is 3.59. The van der Waals surface area contributed by atoms with Gasteiger partial charge in [-0.2, -0.15) is 0 Å². The number of aryl methyl sites for hydroxylation is 1. The van der Waals surface area contributed by atoms with Crippen LogP contribution >= 0.6 is 0 Å². The molecule has 0 saturated carbocycles. The number of rotatable bonds is 7. The molecule has 1 N–H and O–H groups in total. The molecule has 17 heavy (non-hydrogen) atoms. The van der Waals surface area contributed by atoms with Crippen molar-refractivity contribution in [2.75, 3.05) is 13.2 Å². The zero-order chi connectivity index (χ0) is 12.7. The largest absolute Gasteiger partial charge is 0.493 e. The van der Waals surface area contributed by atoms with Crippen molar-refractivity contribution in [2.45, 2.75) is 33.7 Å². The summed E-state index contributed by atoms with van der Waals surface area (Å²) in [7, 11) is 0. The van der Waals surface area contributed by atoms with Gasteiger partial charge in [0.2, 0.25) is 0 Å². The van der Waals surface area contributed by atoms with Gasteiger partial charge >= 0.3 is 0 Å². The van der Waals surface area contributed by atoms with Crippen LogP contribution in [0, 0.1) is 6.92 Å². The van der Waals surface area contributed by atoms with Gasteiger partial charge in [-0.25, -0.2) is 0 Å². The van der Waals surface area contributed by atoms with Crippen molar-refractivity contribution in [3.8, 4) is 5.75 Å². The second-order valence-corrected chi connectivity index (χ2v) is 4.40. The highest BCUT2D eigenvalue weighted by Gasteiger charge is 2.06. The van der Waals surface area contributed by atoms with Crippen molar-refractivity contribution >= 4 is 0 Å². The molecule has 0 radical (unpaired) electrons. The van der Waals surface area contributed by atoms with Gasteiger partial charge in [-0.05, 0) is 26.0 Å². The third-order valence-electron chi connectivity index (χ3n) is 2.63. The van der Waals surface area contributed by atoms with Gasteiger partial charge < -0.3 is 10.1 Å². The first-order chi connectivity index (χ1) is 8.15. The lowest BCUT2D eigenvalue weighted by Gasteiger charge is -2.14. The van der Waals surface area contributed by atoms with Crippen LogP contribution in [0.4, 0.5) is 0 Å². The second-order valence-electron chi connectivity index (χ2n) is 4.40. The number of benzene rings is 1. The molecule has 0 atom stereocenters. The maximum atomic E-state index is 5.87. The summed E-state index contributed by atoms with van der Waals surface area (Å²) in [6, 6.07) is 6.28. The van der Waals surface area contributed by atoms with Crippen molar-refractivity contribution in [1.29, 1.82) is 0 Å². The zero-order valence-electron chi connectivity index (χ0n) is 11.2. The predicted octanol–water partition coefficient (Wildman–Crippen LogP) is 3.45. The molecule has 0 aliphatic heterocycles. The maximum absolute atomic E-state index is 5.87. The maximum Gasteiger partial charge on any atom is 0.126 e. The predicted molar refractivity (Wildman–Crippen MR) is 73.5 cm³/mol. The van der Waals surface area contributed by atoms with E-state index in [-0.39, 0.29) is 0 Å². The van der Waals surface area contributed by atoms with Crippen LogP contribution in [0.5, 0.6) is 5.75 Å². The van der Waals surface area contributed by atoms with E-state index in [1.54, 1.807) is 0 Å². The van der Waals surface area contributed by atoms with E-state index >= 15 is 0 Å². The molecule has 2 nitrogen and oxygen atoms in total. The fourth-order valence-electron chi connectivity index (χ4n) is 1.65. The van der Waals surface area contributed by atoms with E-state index in [0.717, 1.165) is 30.8 Å². The topological polar surface area (TPSA) is 21.3 Å². The van der Waals surface area contributed by atoms with E-state index in [0.29, 0.717) is 6.61 Å². The Balaban J connectivity index is 2.69. The molecular formula is C15H23NO. The van der Waals surface area contributed by atoms with Crippen LogP contribution in [0.3, 0.4) is 0 Å². The minimum atomic E-state index is 0.708. The standard InChI is InChI=1S/C15H23NO/c1-5-16-11-14-8-6-7-13(4)15(14)17-10-9-12(2)3/h6-8,16H,2,5,9-11H2,1,3-4H3. The minimum Gasteiger partial charge on any atom is -0.493 e. The zero-order valence-corrected chi connectivity index (χ0v) is 11.2. The van der Waals surface area contributed by atoms with Crippen molar-refractivity contribution in [3.63, 3.8) is 0 Å². The Morgan fingerprint density at radius 1 is 1.41 bits per heavy atom. The summed E-state index contributed by atoms with van der Waals surface area (Å²) in [6.07, 6.45) is 0.912. The van der Waals surface area contributed by atoms with Crippen LogP contribution in [0.2, 0.25) is 0 Å². The van der Waals surface area contributed by atoms with E-state index < -0.39 is 0 Å². The van der Waals surface area contributed by atoms with E-state index in [2.05, 4.69) is 43.9 Å². The Morgan fingerprint density at radius 2 is 2.18 bits per heavy atom. The molecule has 1 aromatic carbocycles. The molecule has 0 amide bonds. The van der Waals surface area contributed by atoms with Gasteiger partial charge in [0.05, 0.1) is 6.61 Å². The normalized spacial score (nSPS) is 10.3. The summed E-state index contributed by atoms with van der Waals surface area (Å²) in [6.45, 7) is 12.7. The molecule has 94 valence electrons. The van der Waals surface area contributed by atoms with Crippen LogP contribution in [0.25, 0.3) is 0 Å². The lowest BCUT2D eigenvalue weighted by Crippen LogP contribution is -2.13. The highest BCUT2D eigenvalue weighted by atomic mass is 16.5. The number of para-hydroxylation sites is 1. The van der Waals surface area contributed by atoms with E-state index in [1.807, 2.05) is 6.92 Å². The van der Waals surface area contributed by atoms with E-state index in [1.165, 1.54) is 11.1 Å². The third kappa shape index (κ3) is 4.61. The van der Waals surface area contributed by atoms with Gasteiger partial charge in [0, 0.05) is 18.5 Å².